The number of fused-ring (bicyclic) bond motifs is 3. The maximum absolute atomic E-state index is 14.1. The molecule has 3 fully saturated rings. The number of halogens is 4. The van der Waals surface area contributed by atoms with Crippen molar-refractivity contribution >= 4 is 44.6 Å². The van der Waals surface area contributed by atoms with Crippen molar-refractivity contribution in [1.82, 2.24) is 28.7 Å². The largest absolute Gasteiger partial charge is 0.393 e. The molecule has 0 spiro atoms. The summed E-state index contributed by atoms with van der Waals surface area (Å²) in [7, 11) is -3.95. The molecule has 7 rings (SSSR count). The molecule has 16 heteroatoms. The second-order valence-corrected chi connectivity index (χ2v) is 14.6. The quantitative estimate of drug-likeness (QED) is 0.381. The minimum atomic E-state index is -3.95. The molecular formula is C28H29ClF3N7O3S2. The van der Waals surface area contributed by atoms with Crippen LogP contribution in [0.4, 0.5) is 13.2 Å². The molecule has 2 aromatic heterocycles. The minimum Gasteiger partial charge on any atom is -0.393 e. The first-order valence-electron chi connectivity index (χ1n) is 14.3. The van der Waals surface area contributed by atoms with E-state index in [1.54, 1.807) is 11.6 Å². The van der Waals surface area contributed by atoms with Gasteiger partial charge in [-0.3, -0.25) is 4.99 Å². The molecule has 0 aliphatic carbocycles. The van der Waals surface area contributed by atoms with Crippen LogP contribution in [0.3, 0.4) is 0 Å². The van der Waals surface area contributed by atoms with Crippen LogP contribution in [0, 0.1) is 11.7 Å². The number of aliphatic imine (C=N–C) groups is 1. The SMILES string of the molecule is C[C@H]1CC2C[C@H](O)CC1N2S(=O)(=O)N[C@H]1CC2=C(c3ccn(C(F)F)n3)[C@H](c3ccc(F)cc3Cl)N=C(c3nccs3)N2C1. The Kier molecular flexibility index (Phi) is 7.61. The molecule has 4 aliphatic rings. The summed E-state index contributed by atoms with van der Waals surface area (Å²) in [6, 6.07) is 3.34. The van der Waals surface area contributed by atoms with Crippen LogP contribution in [0.5, 0.6) is 0 Å². The number of piperidine rings is 1. The molecule has 0 saturated carbocycles. The van der Waals surface area contributed by atoms with Gasteiger partial charge in [0, 0.05) is 70.7 Å². The van der Waals surface area contributed by atoms with Gasteiger partial charge in [0.25, 0.3) is 10.2 Å². The van der Waals surface area contributed by atoms with Gasteiger partial charge in [0.2, 0.25) is 0 Å². The fourth-order valence-electron chi connectivity index (χ4n) is 7.12. The zero-order valence-electron chi connectivity index (χ0n) is 23.4. The number of amidine groups is 1. The molecule has 10 nitrogen and oxygen atoms in total. The third-order valence-corrected chi connectivity index (χ3v) is 11.7. The standard InChI is InChI=1S/C28H29ClF3N7O3S2/c1-14-8-17-11-18(40)12-22(14)39(17)44(41,42)36-16-10-23-24(21-4-6-38(35-21)28(31)32)25(19-3-2-15(30)9-20(19)29)34-26(37(23)13-16)27-33-5-7-43-27/h2-7,9,14,16-18,22,25,28,36,40H,8,10-13H2,1H3/t14-,16-,17?,18-,22?,25-/m0/s1. The first kappa shape index (κ1) is 29.9. The lowest BCUT2D eigenvalue weighted by molar-refractivity contribution is 0.0564. The number of alkyl halides is 2. The second-order valence-electron chi connectivity index (χ2n) is 11.7. The van der Waals surface area contributed by atoms with Gasteiger partial charge in [-0.1, -0.05) is 24.6 Å². The van der Waals surface area contributed by atoms with Crippen LogP contribution < -0.4 is 4.72 Å². The van der Waals surface area contributed by atoms with Crippen LogP contribution >= 0.6 is 22.9 Å². The average Bonchev–Trinajstić information content (AvgIpc) is 3.75. The van der Waals surface area contributed by atoms with Crippen LogP contribution in [0.2, 0.25) is 5.02 Å². The average molecular weight is 668 g/mol. The van der Waals surface area contributed by atoms with Gasteiger partial charge in [-0.2, -0.15) is 31.3 Å². The molecule has 3 saturated heterocycles. The Hall–Kier alpha value is -2.82. The van der Waals surface area contributed by atoms with Crippen molar-refractivity contribution in [1.29, 1.82) is 0 Å². The van der Waals surface area contributed by atoms with E-state index in [0.29, 0.717) is 51.6 Å². The second kappa shape index (κ2) is 11.2. The van der Waals surface area contributed by atoms with Crippen LogP contribution in [-0.2, 0) is 10.2 Å². The predicted octanol–water partition coefficient (Wildman–Crippen LogP) is 4.58. The van der Waals surface area contributed by atoms with Gasteiger partial charge < -0.3 is 10.0 Å². The smallest absolute Gasteiger partial charge is 0.333 e. The molecule has 0 radical (unpaired) electrons. The minimum absolute atomic E-state index is 0.101. The number of nitrogens with zero attached hydrogens (tertiary/aromatic N) is 6. The van der Waals surface area contributed by atoms with E-state index in [2.05, 4.69) is 14.8 Å². The third-order valence-electron chi connectivity index (χ3n) is 8.86. The van der Waals surface area contributed by atoms with Crippen LogP contribution in [0.25, 0.3) is 5.57 Å². The normalized spacial score (nSPS) is 29.1. The number of aliphatic hydroxyl groups excluding tert-OH is 1. The van der Waals surface area contributed by atoms with Crippen molar-refractivity contribution in [3.8, 4) is 0 Å². The van der Waals surface area contributed by atoms with Crippen LogP contribution in [0.1, 0.15) is 61.5 Å². The number of thiazole rings is 1. The molecular weight excluding hydrogens is 639 g/mol. The molecule has 2 unspecified atom stereocenters. The molecule has 1 aromatic carbocycles. The monoisotopic (exact) mass is 667 g/mol. The Morgan fingerprint density at radius 1 is 1.20 bits per heavy atom. The highest BCUT2D eigenvalue weighted by molar-refractivity contribution is 7.87. The summed E-state index contributed by atoms with van der Waals surface area (Å²) in [6.07, 6.45) is 3.93. The lowest BCUT2D eigenvalue weighted by Crippen LogP contribution is -2.55. The van der Waals surface area contributed by atoms with E-state index in [1.807, 2.05) is 11.8 Å². The maximum atomic E-state index is 14.1. The van der Waals surface area contributed by atoms with E-state index in [4.69, 9.17) is 16.6 Å². The highest BCUT2D eigenvalue weighted by atomic mass is 35.5. The van der Waals surface area contributed by atoms with Crippen molar-refractivity contribution in [3.63, 3.8) is 0 Å². The van der Waals surface area contributed by atoms with Gasteiger partial charge in [0.1, 0.15) is 11.9 Å². The molecule has 3 aromatic rings. The van der Waals surface area contributed by atoms with Gasteiger partial charge in [0.05, 0.1) is 11.8 Å². The summed E-state index contributed by atoms with van der Waals surface area (Å²) in [6.45, 7) is -0.661. The van der Waals surface area contributed by atoms with Gasteiger partial charge >= 0.3 is 6.55 Å². The fourth-order valence-corrected chi connectivity index (χ4v) is 9.94. The summed E-state index contributed by atoms with van der Waals surface area (Å²) >= 11 is 7.87. The van der Waals surface area contributed by atoms with Crippen molar-refractivity contribution < 1.29 is 26.7 Å². The molecule has 44 heavy (non-hydrogen) atoms. The summed E-state index contributed by atoms with van der Waals surface area (Å²) < 4.78 is 74.0. The Labute approximate surface area is 261 Å². The Morgan fingerprint density at radius 2 is 2.02 bits per heavy atom. The first-order chi connectivity index (χ1) is 21.0. The van der Waals surface area contributed by atoms with Gasteiger partial charge in [-0.05, 0) is 43.4 Å². The summed E-state index contributed by atoms with van der Waals surface area (Å²) in [4.78, 5) is 11.3. The highest BCUT2D eigenvalue weighted by Gasteiger charge is 2.51. The zero-order valence-corrected chi connectivity index (χ0v) is 25.8. The Balaban J connectivity index is 1.31. The van der Waals surface area contributed by atoms with E-state index in [1.165, 1.54) is 39.9 Å². The molecule has 234 valence electrons. The summed E-state index contributed by atoms with van der Waals surface area (Å²) in [5, 5.41) is 16.9. The van der Waals surface area contributed by atoms with Crippen LogP contribution in [-0.4, -0.2) is 74.1 Å². The molecule has 0 amide bonds. The lowest BCUT2D eigenvalue weighted by atomic mass is 9.92. The fraction of sp³-hybridized carbons (Fsp3) is 0.464. The van der Waals surface area contributed by atoms with Crippen LogP contribution in [0.15, 0.2) is 52.7 Å². The first-order valence-corrected chi connectivity index (χ1v) is 17.0. The van der Waals surface area contributed by atoms with Gasteiger partial charge in [-0.25, -0.2) is 14.1 Å². The van der Waals surface area contributed by atoms with E-state index >= 15 is 0 Å². The topological polar surface area (TPSA) is 116 Å². The van der Waals surface area contributed by atoms with Gasteiger partial charge in [-0.15, -0.1) is 11.3 Å². The number of hydrogen-bond acceptors (Lipinski definition) is 8. The zero-order chi connectivity index (χ0) is 30.9. The number of nitrogens with one attached hydrogen (secondary N) is 1. The van der Waals surface area contributed by atoms with Crippen molar-refractivity contribution in [2.45, 2.75) is 69.4 Å². The van der Waals surface area contributed by atoms with Crippen molar-refractivity contribution in [2.24, 2.45) is 10.9 Å². The summed E-state index contributed by atoms with van der Waals surface area (Å²) in [5.41, 5.74) is 1.76. The van der Waals surface area contributed by atoms with E-state index in [-0.39, 0.29) is 41.7 Å². The number of hydrogen-bond donors (Lipinski definition) is 2. The number of rotatable bonds is 7. The van der Waals surface area contributed by atoms with Crippen molar-refractivity contribution in [3.05, 3.63) is 74.8 Å². The Morgan fingerprint density at radius 3 is 2.70 bits per heavy atom. The number of aromatic nitrogens is 3. The highest BCUT2D eigenvalue weighted by Crippen LogP contribution is 2.47. The molecule has 6 atom stereocenters. The molecule has 6 heterocycles. The predicted molar refractivity (Wildman–Crippen MR) is 159 cm³/mol. The Bertz CT molecular complexity index is 1750. The number of aliphatic hydroxyl groups is 1. The molecule has 4 aliphatic heterocycles. The van der Waals surface area contributed by atoms with E-state index in [9.17, 15) is 26.7 Å². The van der Waals surface area contributed by atoms with E-state index < -0.39 is 40.8 Å². The van der Waals surface area contributed by atoms with Crippen molar-refractivity contribution in [2.75, 3.05) is 6.54 Å². The van der Waals surface area contributed by atoms with Gasteiger partial charge in [0.15, 0.2) is 10.8 Å². The third kappa shape index (κ3) is 5.16. The lowest BCUT2D eigenvalue weighted by Gasteiger charge is -2.37. The molecule has 2 bridgehead atoms. The van der Waals surface area contributed by atoms with E-state index in [0.717, 1.165) is 6.20 Å². The number of benzene rings is 1. The summed E-state index contributed by atoms with van der Waals surface area (Å²) in [5.74, 6) is 0.0435. The maximum Gasteiger partial charge on any atom is 0.333 e. The molecule has 2 N–H and O–H groups in total.